The van der Waals surface area contributed by atoms with E-state index in [0.29, 0.717) is 12.0 Å². The van der Waals surface area contributed by atoms with Gasteiger partial charge in [-0.3, -0.25) is 4.79 Å². The Morgan fingerprint density at radius 2 is 2.05 bits per heavy atom. The van der Waals surface area contributed by atoms with Gasteiger partial charge in [0.1, 0.15) is 5.82 Å². The molecule has 3 nitrogen and oxygen atoms in total. The molecule has 0 aromatic heterocycles. The van der Waals surface area contributed by atoms with Crippen molar-refractivity contribution in [1.82, 2.24) is 5.32 Å². The molecule has 1 rings (SSSR count). The van der Waals surface area contributed by atoms with Gasteiger partial charge in [-0.15, -0.1) is 0 Å². The topological polar surface area (TPSA) is 49.3 Å². The van der Waals surface area contributed by atoms with Crippen molar-refractivity contribution in [2.75, 3.05) is 6.61 Å². The van der Waals surface area contributed by atoms with Crippen LogP contribution in [0.25, 0.3) is 0 Å². The highest BCUT2D eigenvalue weighted by Gasteiger charge is 2.27. The molecule has 0 bridgehead atoms. The van der Waals surface area contributed by atoms with Crippen molar-refractivity contribution in [2.24, 2.45) is 5.41 Å². The predicted octanol–water partition coefficient (Wildman–Crippen LogP) is 2.84. The molecule has 0 aliphatic rings. The number of benzene rings is 1. The van der Waals surface area contributed by atoms with Crippen LogP contribution in [-0.4, -0.2) is 23.7 Å². The predicted molar refractivity (Wildman–Crippen MR) is 77.9 cm³/mol. The molecule has 0 saturated heterocycles. The number of carbonyl (C=O) groups is 1. The van der Waals surface area contributed by atoms with Gasteiger partial charge >= 0.3 is 0 Å². The van der Waals surface area contributed by atoms with Gasteiger partial charge in [0, 0.05) is 12.6 Å². The summed E-state index contributed by atoms with van der Waals surface area (Å²) in [5.41, 5.74) is 0.513. The Bertz CT molecular complexity index is 454. The molecule has 0 saturated carbocycles. The smallest absolute Gasteiger partial charge is 0.227 e. The second-order valence-electron chi connectivity index (χ2n) is 6.22. The van der Waals surface area contributed by atoms with E-state index in [1.807, 2.05) is 20.8 Å². The number of aliphatic hydroxyl groups is 1. The number of rotatable bonds is 5. The van der Waals surface area contributed by atoms with Gasteiger partial charge in [0.15, 0.2) is 0 Å². The third kappa shape index (κ3) is 4.60. The lowest BCUT2D eigenvalue weighted by Gasteiger charge is -2.32. The summed E-state index contributed by atoms with van der Waals surface area (Å²) in [6, 6.07) is 5.96. The lowest BCUT2D eigenvalue weighted by Crippen LogP contribution is -2.45. The van der Waals surface area contributed by atoms with E-state index >= 15 is 0 Å². The summed E-state index contributed by atoms with van der Waals surface area (Å²) < 4.78 is 13.2. The molecule has 1 amide bonds. The van der Waals surface area contributed by atoms with E-state index in [0.717, 1.165) is 0 Å². The van der Waals surface area contributed by atoms with Gasteiger partial charge in [0.2, 0.25) is 5.91 Å². The van der Waals surface area contributed by atoms with Gasteiger partial charge < -0.3 is 10.4 Å². The molecular weight excluding hydrogens is 257 g/mol. The van der Waals surface area contributed by atoms with E-state index in [2.05, 4.69) is 5.32 Å². The number of hydrogen-bond acceptors (Lipinski definition) is 2. The number of aliphatic hydroxyl groups excluding tert-OH is 1. The van der Waals surface area contributed by atoms with Crippen molar-refractivity contribution in [3.63, 3.8) is 0 Å². The van der Waals surface area contributed by atoms with E-state index in [-0.39, 0.29) is 29.8 Å². The van der Waals surface area contributed by atoms with Crippen LogP contribution in [-0.2, 0) is 4.79 Å². The van der Waals surface area contributed by atoms with Crippen LogP contribution >= 0.6 is 0 Å². The second-order valence-corrected chi connectivity index (χ2v) is 6.22. The standard InChI is InChI=1S/C16H24FNO2/c1-11(12-6-5-7-13(17)10-12)15(20)18-14(8-9-19)16(2,3)4/h5-7,10-11,14,19H,8-9H2,1-4H3,(H,18,20). The van der Waals surface area contributed by atoms with E-state index in [4.69, 9.17) is 5.11 Å². The molecule has 0 fully saturated rings. The quantitative estimate of drug-likeness (QED) is 0.872. The lowest BCUT2D eigenvalue weighted by molar-refractivity contribution is -0.123. The first kappa shape index (κ1) is 16.6. The first-order chi connectivity index (χ1) is 9.25. The van der Waals surface area contributed by atoms with Crippen LogP contribution in [0.5, 0.6) is 0 Å². The summed E-state index contributed by atoms with van der Waals surface area (Å²) in [6.07, 6.45) is 0.505. The van der Waals surface area contributed by atoms with Crippen molar-refractivity contribution >= 4 is 5.91 Å². The molecular formula is C16H24FNO2. The Morgan fingerprint density at radius 1 is 1.40 bits per heavy atom. The van der Waals surface area contributed by atoms with E-state index in [9.17, 15) is 9.18 Å². The third-order valence-corrected chi connectivity index (χ3v) is 3.52. The molecule has 1 aromatic rings. The molecule has 4 heteroatoms. The fraction of sp³-hybridized carbons (Fsp3) is 0.562. The van der Waals surface area contributed by atoms with Gasteiger partial charge in [-0.2, -0.15) is 0 Å². The normalized spacial score (nSPS) is 14.7. The average Bonchev–Trinajstić information content (AvgIpc) is 2.36. The molecule has 0 spiro atoms. The van der Waals surface area contributed by atoms with Crippen molar-refractivity contribution in [2.45, 2.75) is 46.1 Å². The Hall–Kier alpha value is -1.42. The summed E-state index contributed by atoms with van der Waals surface area (Å²) >= 11 is 0. The molecule has 0 radical (unpaired) electrons. The van der Waals surface area contributed by atoms with E-state index in [1.165, 1.54) is 12.1 Å². The van der Waals surface area contributed by atoms with Crippen molar-refractivity contribution in [1.29, 1.82) is 0 Å². The van der Waals surface area contributed by atoms with Crippen LogP contribution in [0, 0.1) is 11.2 Å². The number of hydrogen-bond donors (Lipinski definition) is 2. The largest absolute Gasteiger partial charge is 0.396 e. The van der Waals surface area contributed by atoms with Gasteiger partial charge in [0.05, 0.1) is 5.92 Å². The lowest BCUT2D eigenvalue weighted by atomic mass is 9.84. The average molecular weight is 281 g/mol. The number of nitrogens with one attached hydrogen (secondary N) is 1. The van der Waals surface area contributed by atoms with Crippen LogP contribution in [0.15, 0.2) is 24.3 Å². The van der Waals surface area contributed by atoms with Gasteiger partial charge in [0.25, 0.3) is 0 Å². The van der Waals surface area contributed by atoms with E-state index in [1.54, 1.807) is 19.1 Å². The van der Waals surface area contributed by atoms with Crippen LogP contribution in [0.3, 0.4) is 0 Å². The van der Waals surface area contributed by atoms with Crippen LogP contribution in [0.1, 0.15) is 45.6 Å². The van der Waals surface area contributed by atoms with E-state index < -0.39 is 5.92 Å². The summed E-state index contributed by atoms with van der Waals surface area (Å²) in [4.78, 5) is 12.3. The SMILES string of the molecule is CC(C(=O)NC(CCO)C(C)(C)C)c1cccc(F)c1. The zero-order valence-corrected chi connectivity index (χ0v) is 12.6. The maximum Gasteiger partial charge on any atom is 0.227 e. The molecule has 0 aliphatic carbocycles. The monoisotopic (exact) mass is 281 g/mol. The van der Waals surface area contributed by atoms with Gasteiger partial charge in [-0.25, -0.2) is 4.39 Å². The summed E-state index contributed by atoms with van der Waals surface area (Å²) in [5, 5.41) is 12.1. The molecule has 1 aromatic carbocycles. The van der Waals surface area contributed by atoms with Crippen molar-refractivity contribution in [3.05, 3.63) is 35.6 Å². The van der Waals surface area contributed by atoms with Crippen LogP contribution in [0.2, 0.25) is 0 Å². The minimum Gasteiger partial charge on any atom is -0.396 e. The molecule has 2 atom stereocenters. The zero-order chi connectivity index (χ0) is 15.3. The van der Waals surface area contributed by atoms with Crippen molar-refractivity contribution < 1.29 is 14.3 Å². The number of halogens is 1. The Morgan fingerprint density at radius 3 is 2.55 bits per heavy atom. The highest BCUT2D eigenvalue weighted by molar-refractivity contribution is 5.83. The molecule has 20 heavy (non-hydrogen) atoms. The fourth-order valence-electron chi connectivity index (χ4n) is 2.07. The highest BCUT2D eigenvalue weighted by Crippen LogP contribution is 2.23. The first-order valence-corrected chi connectivity index (χ1v) is 6.92. The third-order valence-electron chi connectivity index (χ3n) is 3.52. The van der Waals surface area contributed by atoms with Gasteiger partial charge in [-0.1, -0.05) is 32.9 Å². The Kier molecular flexibility index (Phi) is 5.69. The summed E-state index contributed by atoms with van der Waals surface area (Å²) in [7, 11) is 0. The second kappa shape index (κ2) is 6.84. The molecule has 2 N–H and O–H groups in total. The maximum absolute atomic E-state index is 13.2. The highest BCUT2D eigenvalue weighted by atomic mass is 19.1. The summed E-state index contributed by atoms with van der Waals surface area (Å²) in [5.74, 6) is -0.914. The van der Waals surface area contributed by atoms with Crippen molar-refractivity contribution in [3.8, 4) is 0 Å². The fourth-order valence-corrected chi connectivity index (χ4v) is 2.07. The minimum atomic E-state index is -0.422. The summed E-state index contributed by atoms with van der Waals surface area (Å²) in [6.45, 7) is 7.82. The molecule has 2 unspecified atom stereocenters. The zero-order valence-electron chi connectivity index (χ0n) is 12.6. The number of amides is 1. The first-order valence-electron chi connectivity index (χ1n) is 6.92. The number of carbonyl (C=O) groups excluding carboxylic acids is 1. The molecule has 0 aliphatic heterocycles. The van der Waals surface area contributed by atoms with Crippen LogP contribution < -0.4 is 5.32 Å². The molecule has 0 heterocycles. The Balaban J connectivity index is 2.78. The Labute approximate surface area is 120 Å². The van der Waals surface area contributed by atoms with Gasteiger partial charge in [-0.05, 0) is 36.5 Å². The minimum absolute atomic E-state index is 0.0244. The molecule has 112 valence electrons. The van der Waals surface area contributed by atoms with Crippen LogP contribution in [0.4, 0.5) is 4.39 Å². The maximum atomic E-state index is 13.2.